The predicted octanol–water partition coefficient (Wildman–Crippen LogP) is 5.27. The molecule has 0 radical (unpaired) electrons. The summed E-state index contributed by atoms with van der Waals surface area (Å²) in [4.78, 5) is 18.5. The first kappa shape index (κ1) is 20.6. The van der Waals surface area contributed by atoms with Gasteiger partial charge in [-0.1, -0.05) is 48.5 Å². The lowest BCUT2D eigenvalue weighted by atomic mass is 10.0. The zero-order valence-electron chi connectivity index (χ0n) is 18.3. The number of nitrogens with zero attached hydrogens (tertiary/aromatic N) is 4. The number of nitrogens with two attached hydrogens (primary N) is 1. The zero-order valence-corrected chi connectivity index (χ0v) is 18.3. The summed E-state index contributed by atoms with van der Waals surface area (Å²) in [6.07, 6.45) is 2.44. The summed E-state index contributed by atoms with van der Waals surface area (Å²) in [5, 5.41) is 1.03. The Hall–Kier alpha value is -4.32. The van der Waals surface area contributed by atoms with Crippen LogP contribution in [-0.4, -0.2) is 26.5 Å². The number of nitrogen functional groups attached to an aromatic ring is 1. The smallest absolute Gasteiger partial charge is 0.257 e. The molecule has 0 unspecified atom stereocenters. The van der Waals surface area contributed by atoms with Crippen LogP contribution in [0.25, 0.3) is 33.4 Å². The summed E-state index contributed by atoms with van der Waals surface area (Å²) >= 11 is 0. The van der Waals surface area contributed by atoms with E-state index in [1.807, 2.05) is 79.7 Å². The van der Waals surface area contributed by atoms with Crippen LogP contribution in [0, 0.1) is 6.92 Å². The number of hydrogen-bond donors (Lipinski definition) is 1. The quantitative estimate of drug-likeness (QED) is 0.393. The molecule has 0 saturated carbocycles. The monoisotopic (exact) mass is 433 g/mol. The van der Waals surface area contributed by atoms with Gasteiger partial charge in [-0.3, -0.25) is 9.97 Å². The minimum absolute atomic E-state index is 0.261. The Kier molecular flexibility index (Phi) is 5.64. The van der Waals surface area contributed by atoms with Crippen LogP contribution in [0.5, 0.6) is 5.88 Å². The summed E-state index contributed by atoms with van der Waals surface area (Å²) in [7, 11) is 0. The van der Waals surface area contributed by atoms with Crippen molar-refractivity contribution in [3.63, 3.8) is 0 Å². The zero-order chi connectivity index (χ0) is 22.6. The molecule has 0 atom stereocenters. The van der Waals surface area contributed by atoms with Crippen LogP contribution < -0.4 is 10.5 Å². The number of pyridine rings is 2. The van der Waals surface area contributed by atoms with Crippen molar-refractivity contribution in [1.82, 2.24) is 19.9 Å². The second-order valence-electron chi connectivity index (χ2n) is 7.76. The van der Waals surface area contributed by atoms with Gasteiger partial charge in [-0.15, -0.1) is 0 Å². The Morgan fingerprint density at radius 3 is 2.48 bits per heavy atom. The van der Waals surface area contributed by atoms with Crippen molar-refractivity contribution < 1.29 is 4.74 Å². The molecule has 5 aromatic rings. The van der Waals surface area contributed by atoms with Gasteiger partial charge in [0.1, 0.15) is 5.69 Å². The predicted molar refractivity (Wildman–Crippen MR) is 131 cm³/mol. The lowest BCUT2D eigenvalue weighted by Crippen LogP contribution is -2.09. The number of hydrogen-bond acceptors (Lipinski definition) is 6. The van der Waals surface area contributed by atoms with Gasteiger partial charge in [-0.25, -0.2) is 9.97 Å². The van der Waals surface area contributed by atoms with Crippen molar-refractivity contribution in [3.8, 4) is 28.4 Å². The number of aryl methyl sites for hydroxylation is 1. The number of anilines is 1. The van der Waals surface area contributed by atoms with Crippen molar-refractivity contribution >= 4 is 16.7 Å². The third-order valence-electron chi connectivity index (χ3n) is 5.36. The van der Waals surface area contributed by atoms with E-state index < -0.39 is 0 Å². The highest BCUT2D eigenvalue weighted by molar-refractivity contribution is 5.87. The van der Waals surface area contributed by atoms with Gasteiger partial charge in [0.25, 0.3) is 5.88 Å². The average Bonchev–Trinajstić information content (AvgIpc) is 2.85. The molecule has 3 aromatic heterocycles. The summed E-state index contributed by atoms with van der Waals surface area (Å²) in [5.74, 6) is 0.584. The molecule has 162 valence electrons. The van der Waals surface area contributed by atoms with E-state index in [2.05, 4.69) is 16.0 Å². The maximum absolute atomic E-state index is 6.28. The molecule has 2 aromatic carbocycles. The highest BCUT2D eigenvalue weighted by Crippen LogP contribution is 2.34. The fourth-order valence-corrected chi connectivity index (χ4v) is 3.75. The van der Waals surface area contributed by atoms with Crippen molar-refractivity contribution in [2.75, 3.05) is 12.3 Å². The van der Waals surface area contributed by atoms with Gasteiger partial charge in [-0.2, -0.15) is 0 Å². The van der Waals surface area contributed by atoms with E-state index in [9.17, 15) is 0 Å². The van der Waals surface area contributed by atoms with Crippen molar-refractivity contribution in [1.29, 1.82) is 0 Å². The number of benzene rings is 2. The lowest BCUT2D eigenvalue weighted by Gasteiger charge is -2.14. The molecule has 0 aliphatic rings. The molecular weight excluding hydrogens is 410 g/mol. The van der Waals surface area contributed by atoms with Gasteiger partial charge >= 0.3 is 0 Å². The van der Waals surface area contributed by atoms with Crippen molar-refractivity contribution in [3.05, 3.63) is 96.4 Å². The normalized spacial score (nSPS) is 10.9. The molecule has 0 aliphatic carbocycles. The third kappa shape index (κ3) is 4.50. The van der Waals surface area contributed by atoms with Gasteiger partial charge < -0.3 is 10.5 Å². The highest BCUT2D eigenvalue weighted by atomic mass is 16.5. The van der Waals surface area contributed by atoms with Crippen LogP contribution in [0.2, 0.25) is 0 Å². The maximum atomic E-state index is 6.28. The summed E-state index contributed by atoms with van der Waals surface area (Å²) in [6, 6.07) is 25.9. The molecule has 6 heteroatoms. The van der Waals surface area contributed by atoms with Gasteiger partial charge in [0.2, 0.25) is 0 Å². The minimum atomic E-state index is 0.261. The van der Waals surface area contributed by atoms with Gasteiger partial charge in [0.15, 0.2) is 5.82 Å². The van der Waals surface area contributed by atoms with Crippen LogP contribution >= 0.6 is 0 Å². The van der Waals surface area contributed by atoms with E-state index in [4.69, 9.17) is 20.4 Å². The molecule has 0 bridgehead atoms. The van der Waals surface area contributed by atoms with Crippen LogP contribution in [-0.2, 0) is 6.42 Å². The average molecular weight is 434 g/mol. The van der Waals surface area contributed by atoms with E-state index in [0.717, 1.165) is 33.4 Å². The first-order chi connectivity index (χ1) is 16.2. The second-order valence-corrected chi connectivity index (χ2v) is 7.76. The number of rotatable bonds is 6. The Bertz CT molecular complexity index is 1420. The Morgan fingerprint density at radius 2 is 1.64 bits per heavy atom. The maximum Gasteiger partial charge on any atom is 0.257 e. The molecule has 33 heavy (non-hydrogen) atoms. The van der Waals surface area contributed by atoms with E-state index >= 15 is 0 Å². The molecule has 0 aliphatic heterocycles. The first-order valence-electron chi connectivity index (χ1n) is 10.8. The molecule has 5 rings (SSSR count). The molecule has 2 N–H and O–H groups in total. The Labute approximate surface area is 192 Å². The Balaban J connectivity index is 1.53. The van der Waals surface area contributed by atoms with E-state index in [1.165, 1.54) is 0 Å². The fraction of sp³-hybridized carbons (Fsp3) is 0.111. The van der Waals surface area contributed by atoms with Crippen LogP contribution in [0.4, 0.5) is 5.82 Å². The summed E-state index contributed by atoms with van der Waals surface area (Å²) in [5.41, 5.74) is 12.4. The third-order valence-corrected chi connectivity index (χ3v) is 5.36. The molecule has 0 fully saturated rings. The number of aromatic nitrogens is 4. The largest absolute Gasteiger partial charge is 0.475 e. The highest BCUT2D eigenvalue weighted by Gasteiger charge is 2.17. The second kappa shape index (κ2) is 9.04. The van der Waals surface area contributed by atoms with Gasteiger partial charge in [-0.05, 0) is 37.3 Å². The van der Waals surface area contributed by atoms with Crippen LogP contribution in [0.15, 0.2) is 85.1 Å². The lowest BCUT2D eigenvalue weighted by molar-refractivity contribution is 0.309. The van der Waals surface area contributed by atoms with E-state index in [1.54, 1.807) is 6.20 Å². The summed E-state index contributed by atoms with van der Waals surface area (Å²) in [6.45, 7) is 2.38. The number of fused-ring (bicyclic) bond motifs is 1. The van der Waals surface area contributed by atoms with Crippen LogP contribution in [0.3, 0.4) is 0 Å². The fourth-order valence-electron chi connectivity index (χ4n) is 3.75. The minimum Gasteiger partial charge on any atom is -0.475 e. The van der Waals surface area contributed by atoms with Crippen molar-refractivity contribution in [2.45, 2.75) is 13.3 Å². The molecule has 0 amide bonds. The molecule has 0 spiro atoms. The molecule has 3 heterocycles. The molecule has 0 saturated heterocycles. The van der Waals surface area contributed by atoms with Crippen LogP contribution in [0.1, 0.15) is 11.4 Å². The number of ether oxygens (including phenoxy) is 1. The van der Waals surface area contributed by atoms with E-state index in [0.29, 0.717) is 30.3 Å². The topological polar surface area (TPSA) is 86.8 Å². The van der Waals surface area contributed by atoms with Gasteiger partial charge in [0, 0.05) is 40.5 Å². The Morgan fingerprint density at radius 1 is 0.788 bits per heavy atom. The van der Waals surface area contributed by atoms with Gasteiger partial charge in [0.05, 0.1) is 17.8 Å². The standard InChI is InChI=1S/C27H23N5O/c1-18-7-5-11-22(30-18)14-16-33-27-26(28)31-24(19-8-3-2-4-9-19)25(32-27)21-12-13-23-20(17-21)10-6-15-29-23/h2-13,15,17H,14,16H2,1H3,(H2,28,31). The first-order valence-corrected chi connectivity index (χ1v) is 10.8. The summed E-state index contributed by atoms with van der Waals surface area (Å²) < 4.78 is 5.97. The molecular formula is C27H23N5O. The SMILES string of the molecule is Cc1cccc(CCOc2nc(-c3ccc4ncccc4c3)c(-c3ccccc3)nc2N)n1. The molecule has 6 nitrogen and oxygen atoms in total. The van der Waals surface area contributed by atoms with Crippen molar-refractivity contribution in [2.24, 2.45) is 0 Å². The van der Waals surface area contributed by atoms with E-state index in [-0.39, 0.29) is 5.82 Å².